The molecule has 0 aliphatic rings. The van der Waals surface area contributed by atoms with Crippen molar-refractivity contribution in [2.45, 2.75) is 39.2 Å². The largest absolute Gasteiger partial charge is 0.356 e. The van der Waals surface area contributed by atoms with E-state index in [1.54, 1.807) is 17.2 Å². The average Bonchev–Trinajstić information content (AvgIpc) is 3.05. The summed E-state index contributed by atoms with van der Waals surface area (Å²) in [4.78, 5) is 11.8. The van der Waals surface area contributed by atoms with Crippen molar-refractivity contribution in [3.8, 4) is 0 Å². The highest BCUT2D eigenvalue weighted by Gasteiger charge is 2.08. The van der Waals surface area contributed by atoms with Gasteiger partial charge in [0.2, 0.25) is 5.91 Å². The predicted molar refractivity (Wildman–Crippen MR) is 78.6 cm³/mol. The van der Waals surface area contributed by atoms with E-state index in [2.05, 4.69) is 34.5 Å². The third kappa shape index (κ3) is 4.40. The Kier molecular flexibility index (Phi) is 5.08. The molecule has 0 unspecified atom stereocenters. The van der Waals surface area contributed by atoms with Gasteiger partial charge in [-0.25, -0.2) is 0 Å². The molecule has 0 radical (unpaired) electrons. The van der Waals surface area contributed by atoms with Gasteiger partial charge in [-0.15, -0.1) is 10.2 Å². The first-order valence-electron chi connectivity index (χ1n) is 7.19. The highest BCUT2D eigenvalue weighted by Crippen LogP contribution is 2.06. The van der Waals surface area contributed by atoms with Crippen molar-refractivity contribution in [3.63, 3.8) is 0 Å². The number of carbonyl (C=O) groups is 1. The van der Waals surface area contributed by atoms with Crippen molar-refractivity contribution < 1.29 is 4.79 Å². The lowest BCUT2D eigenvalue weighted by Gasteiger charge is -2.10. The van der Waals surface area contributed by atoms with Gasteiger partial charge in [0.15, 0.2) is 0 Å². The van der Waals surface area contributed by atoms with Crippen LogP contribution in [0.15, 0.2) is 18.7 Å². The normalized spacial score (nSPS) is 11.0. The van der Waals surface area contributed by atoms with Crippen LogP contribution in [-0.4, -0.2) is 37.0 Å². The van der Waals surface area contributed by atoms with Crippen LogP contribution < -0.4 is 5.32 Å². The van der Waals surface area contributed by atoms with Gasteiger partial charge in [0.05, 0.1) is 6.20 Å². The third-order valence-corrected chi connectivity index (χ3v) is 3.27. The number of hydrogen-bond acceptors (Lipinski definition) is 4. The van der Waals surface area contributed by atoms with Crippen molar-refractivity contribution in [1.29, 1.82) is 0 Å². The number of amides is 1. The quantitative estimate of drug-likeness (QED) is 0.821. The first-order valence-corrected chi connectivity index (χ1v) is 7.19. The second-order valence-electron chi connectivity index (χ2n) is 5.37. The maximum absolute atomic E-state index is 11.8. The summed E-state index contributed by atoms with van der Waals surface area (Å²) in [5, 5.41) is 15.0. The maximum Gasteiger partial charge on any atom is 0.220 e. The monoisotopic (exact) mass is 290 g/mol. The number of nitrogens with one attached hydrogen (secondary N) is 1. The second kappa shape index (κ2) is 7.01. The summed E-state index contributed by atoms with van der Waals surface area (Å²) in [7, 11) is 1.87. The van der Waals surface area contributed by atoms with E-state index >= 15 is 0 Å². The lowest BCUT2D eigenvalue weighted by molar-refractivity contribution is -0.121. The third-order valence-electron chi connectivity index (χ3n) is 3.27. The molecule has 21 heavy (non-hydrogen) atoms. The Balaban J connectivity index is 1.70. The van der Waals surface area contributed by atoms with Crippen molar-refractivity contribution in [1.82, 2.24) is 29.9 Å². The Bertz CT molecular complexity index is 586. The molecule has 0 saturated heterocycles. The smallest absolute Gasteiger partial charge is 0.220 e. The number of aromatic nitrogens is 5. The van der Waals surface area contributed by atoms with Gasteiger partial charge < -0.3 is 9.88 Å². The standard InChI is InChI=1S/C14H22N6O/c1-11(2)20-10-16-18-13(20)6-7-15-14(21)5-4-12-8-17-19(3)9-12/h8-11H,4-7H2,1-3H3,(H,15,21). The van der Waals surface area contributed by atoms with Gasteiger partial charge in [-0.3, -0.25) is 9.48 Å². The fraction of sp³-hybridized carbons (Fsp3) is 0.571. The molecule has 0 atom stereocenters. The highest BCUT2D eigenvalue weighted by molar-refractivity contribution is 5.76. The first-order chi connectivity index (χ1) is 10.1. The van der Waals surface area contributed by atoms with Crippen LogP contribution in [0.25, 0.3) is 0 Å². The van der Waals surface area contributed by atoms with Crippen LogP contribution in [0, 0.1) is 0 Å². The molecule has 2 aromatic rings. The Labute approximate surface area is 124 Å². The SMILES string of the molecule is CC(C)n1cnnc1CCNC(=O)CCc1cnn(C)c1. The van der Waals surface area contributed by atoms with Gasteiger partial charge in [-0.1, -0.05) is 0 Å². The summed E-state index contributed by atoms with van der Waals surface area (Å²) in [6, 6.07) is 0.330. The second-order valence-corrected chi connectivity index (χ2v) is 5.37. The predicted octanol–water partition coefficient (Wildman–Crippen LogP) is 0.884. The minimum Gasteiger partial charge on any atom is -0.356 e. The summed E-state index contributed by atoms with van der Waals surface area (Å²) in [5.74, 6) is 0.951. The van der Waals surface area contributed by atoms with Crippen molar-refractivity contribution in [2.24, 2.45) is 7.05 Å². The van der Waals surface area contributed by atoms with Crippen LogP contribution in [-0.2, 0) is 24.7 Å². The molecule has 0 aliphatic carbocycles. The lowest BCUT2D eigenvalue weighted by atomic mass is 10.2. The number of hydrogen-bond donors (Lipinski definition) is 1. The number of nitrogens with zero attached hydrogens (tertiary/aromatic N) is 5. The molecule has 0 fully saturated rings. The Morgan fingerprint density at radius 3 is 2.86 bits per heavy atom. The van der Waals surface area contributed by atoms with Crippen LogP contribution in [0.3, 0.4) is 0 Å². The molecular formula is C14H22N6O. The Morgan fingerprint density at radius 1 is 1.38 bits per heavy atom. The van der Waals surface area contributed by atoms with Crippen molar-refractivity contribution in [2.75, 3.05) is 6.54 Å². The van der Waals surface area contributed by atoms with Gasteiger partial charge in [-0.2, -0.15) is 5.10 Å². The van der Waals surface area contributed by atoms with Crippen LogP contribution in [0.5, 0.6) is 0 Å². The molecule has 0 spiro atoms. The van der Waals surface area contributed by atoms with Gasteiger partial charge in [0, 0.05) is 38.7 Å². The van der Waals surface area contributed by atoms with Gasteiger partial charge >= 0.3 is 0 Å². The fourth-order valence-electron chi connectivity index (χ4n) is 2.14. The molecule has 7 nitrogen and oxygen atoms in total. The van der Waals surface area contributed by atoms with Crippen LogP contribution in [0.4, 0.5) is 0 Å². The molecule has 0 aromatic carbocycles. The molecule has 1 N–H and O–H groups in total. The zero-order chi connectivity index (χ0) is 15.2. The zero-order valence-electron chi connectivity index (χ0n) is 12.8. The van der Waals surface area contributed by atoms with E-state index in [4.69, 9.17) is 0 Å². The van der Waals surface area contributed by atoms with E-state index in [1.165, 1.54) is 0 Å². The minimum atomic E-state index is 0.0504. The summed E-state index contributed by atoms with van der Waals surface area (Å²) in [6.07, 6.45) is 7.32. The topological polar surface area (TPSA) is 77.6 Å². The molecule has 0 saturated carbocycles. The van der Waals surface area contributed by atoms with Gasteiger partial charge in [-0.05, 0) is 25.8 Å². The summed E-state index contributed by atoms with van der Waals surface area (Å²) in [6.45, 7) is 4.75. The molecule has 2 heterocycles. The Morgan fingerprint density at radius 2 is 2.19 bits per heavy atom. The van der Waals surface area contributed by atoms with Gasteiger partial charge in [0.25, 0.3) is 0 Å². The zero-order valence-corrected chi connectivity index (χ0v) is 12.8. The van der Waals surface area contributed by atoms with E-state index in [-0.39, 0.29) is 5.91 Å². The van der Waals surface area contributed by atoms with Crippen molar-refractivity contribution in [3.05, 3.63) is 30.1 Å². The van der Waals surface area contributed by atoms with E-state index < -0.39 is 0 Å². The van der Waals surface area contributed by atoms with Crippen LogP contribution >= 0.6 is 0 Å². The van der Waals surface area contributed by atoms with E-state index in [9.17, 15) is 4.79 Å². The van der Waals surface area contributed by atoms with E-state index in [0.29, 0.717) is 31.8 Å². The minimum absolute atomic E-state index is 0.0504. The summed E-state index contributed by atoms with van der Waals surface area (Å²) < 4.78 is 3.76. The molecule has 2 aromatic heterocycles. The average molecular weight is 290 g/mol. The van der Waals surface area contributed by atoms with E-state index in [0.717, 1.165) is 11.4 Å². The maximum atomic E-state index is 11.8. The number of carbonyl (C=O) groups excluding carboxylic acids is 1. The molecule has 2 rings (SSSR count). The molecule has 1 amide bonds. The Hall–Kier alpha value is -2.18. The van der Waals surface area contributed by atoms with E-state index in [1.807, 2.05) is 17.8 Å². The molecule has 7 heteroatoms. The number of rotatable bonds is 7. The number of aryl methyl sites for hydroxylation is 2. The highest BCUT2D eigenvalue weighted by atomic mass is 16.1. The summed E-state index contributed by atoms with van der Waals surface area (Å²) >= 11 is 0. The molecular weight excluding hydrogens is 268 g/mol. The lowest BCUT2D eigenvalue weighted by Crippen LogP contribution is -2.26. The van der Waals surface area contributed by atoms with Crippen molar-refractivity contribution >= 4 is 5.91 Å². The molecule has 0 aliphatic heterocycles. The summed E-state index contributed by atoms with van der Waals surface area (Å²) in [5.41, 5.74) is 1.08. The van der Waals surface area contributed by atoms with Crippen LogP contribution in [0.2, 0.25) is 0 Å². The fourth-order valence-corrected chi connectivity index (χ4v) is 2.14. The molecule has 0 bridgehead atoms. The van der Waals surface area contributed by atoms with Gasteiger partial charge in [0.1, 0.15) is 12.2 Å². The van der Waals surface area contributed by atoms with Crippen LogP contribution in [0.1, 0.15) is 37.7 Å². The molecule has 114 valence electrons. The first kappa shape index (κ1) is 15.2.